The molecular formula is C26H36N4O3S. The fourth-order valence-electron chi connectivity index (χ4n) is 4.94. The van der Waals surface area contributed by atoms with Crippen LogP contribution in [0.15, 0.2) is 54.6 Å². The van der Waals surface area contributed by atoms with Gasteiger partial charge in [-0.1, -0.05) is 67.8 Å². The zero-order valence-corrected chi connectivity index (χ0v) is 20.8. The number of benzene rings is 2. The molecule has 2 aliphatic rings. The highest BCUT2D eigenvalue weighted by Crippen LogP contribution is 2.25. The van der Waals surface area contributed by atoms with Gasteiger partial charge in [-0.3, -0.25) is 9.69 Å². The Morgan fingerprint density at radius 2 is 1.59 bits per heavy atom. The number of para-hydroxylation sites is 1. The minimum atomic E-state index is -3.46. The number of rotatable bonds is 8. The highest BCUT2D eigenvalue weighted by molar-refractivity contribution is 7.86. The smallest absolute Gasteiger partial charge is 0.282 e. The fraction of sp³-hybridized carbons (Fsp3) is 0.500. The minimum absolute atomic E-state index is 0.0730. The molecule has 0 unspecified atom stereocenters. The van der Waals surface area contributed by atoms with Crippen molar-refractivity contribution in [1.82, 2.24) is 13.5 Å². The van der Waals surface area contributed by atoms with E-state index in [0.29, 0.717) is 26.2 Å². The molecule has 8 heteroatoms. The molecule has 0 radical (unpaired) electrons. The molecule has 1 amide bonds. The molecule has 34 heavy (non-hydrogen) atoms. The second kappa shape index (κ2) is 11.4. The third kappa shape index (κ3) is 6.24. The van der Waals surface area contributed by atoms with E-state index in [1.165, 1.54) is 12.0 Å². The largest absolute Gasteiger partial charge is 0.325 e. The topological polar surface area (TPSA) is 73.0 Å². The van der Waals surface area contributed by atoms with Crippen molar-refractivity contribution < 1.29 is 13.2 Å². The molecule has 2 aromatic rings. The van der Waals surface area contributed by atoms with Crippen molar-refractivity contribution in [2.45, 2.75) is 44.6 Å². The summed E-state index contributed by atoms with van der Waals surface area (Å²) < 4.78 is 29.3. The van der Waals surface area contributed by atoms with Crippen LogP contribution in [0.25, 0.3) is 0 Å². The highest BCUT2D eigenvalue weighted by Gasteiger charge is 2.34. The first-order valence-corrected chi connectivity index (χ1v) is 13.7. The van der Waals surface area contributed by atoms with Crippen LogP contribution in [0.4, 0.5) is 5.69 Å². The molecule has 2 aromatic carbocycles. The summed E-state index contributed by atoms with van der Waals surface area (Å²) in [6.07, 6.45) is 6.04. The van der Waals surface area contributed by atoms with Gasteiger partial charge in [-0.25, -0.2) is 0 Å². The van der Waals surface area contributed by atoms with Gasteiger partial charge in [0.25, 0.3) is 10.2 Å². The SMILES string of the molecule is CN(C1CCCCC1)S(=O)(=O)N1CCN(CC(=O)Nc2ccccc2Cc2ccccc2)CC1. The average molecular weight is 485 g/mol. The zero-order chi connectivity index (χ0) is 24.0. The molecular weight excluding hydrogens is 448 g/mol. The molecule has 1 N–H and O–H groups in total. The molecule has 1 aliphatic heterocycles. The summed E-state index contributed by atoms with van der Waals surface area (Å²) in [6.45, 7) is 2.19. The van der Waals surface area contributed by atoms with E-state index in [9.17, 15) is 13.2 Å². The number of nitrogens with one attached hydrogen (secondary N) is 1. The van der Waals surface area contributed by atoms with Crippen molar-refractivity contribution in [3.8, 4) is 0 Å². The summed E-state index contributed by atoms with van der Waals surface area (Å²) in [7, 11) is -1.74. The lowest BCUT2D eigenvalue weighted by molar-refractivity contribution is -0.117. The molecule has 0 bridgehead atoms. The molecule has 1 heterocycles. The second-order valence-electron chi connectivity index (χ2n) is 9.36. The monoisotopic (exact) mass is 484 g/mol. The van der Waals surface area contributed by atoms with Crippen molar-refractivity contribution in [3.05, 3.63) is 65.7 Å². The second-order valence-corrected chi connectivity index (χ2v) is 11.3. The van der Waals surface area contributed by atoms with Crippen LogP contribution in [0, 0.1) is 0 Å². The zero-order valence-electron chi connectivity index (χ0n) is 20.0. The van der Waals surface area contributed by atoms with Crippen LogP contribution in [0.2, 0.25) is 0 Å². The predicted octanol–water partition coefficient (Wildman–Crippen LogP) is 3.34. The third-order valence-corrected chi connectivity index (χ3v) is 9.05. The molecule has 1 saturated carbocycles. The van der Waals surface area contributed by atoms with Gasteiger partial charge in [0.05, 0.1) is 6.54 Å². The van der Waals surface area contributed by atoms with Crippen LogP contribution in [-0.4, -0.2) is 73.6 Å². The van der Waals surface area contributed by atoms with Gasteiger partial charge >= 0.3 is 0 Å². The Labute approximate surface area is 203 Å². The summed E-state index contributed by atoms with van der Waals surface area (Å²) >= 11 is 0. The van der Waals surface area contributed by atoms with E-state index in [0.717, 1.165) is 43.4 Å². The van der Waals surface area contributed by atoms with Crippen molar-refractivity contribution in [2.75, 3.05) is 45.1 Å². The summed E-state index contributed by atoms with van der Waals surface area (Å²) in [6, 6.07) is 18.2. The van der Waals surface area contributed by atoms with E-state index in [1.807, 2.05) is 47.4 Å². The lowest BCUT2D eigenvalue weighted by Crippen LogP contribution is -2.55. The maximum atomic E-state index is 13.1. The van der Waals surface area contributed by atoms with E-state index >= 15 is 0 Å². The van der Waals surface area contributed by atoms with E-state index in [-0.39, 0.29) is 18.5 Å². The molecule has 0 spiro atoms. The van der Waals surface area contributed by atoms with Gasteiger partial charge in [0, 0.05) is 45.0 Å². The first kappa shape index (κ1) is 24.9. The van der Waals surface area contributed by atoms with E-state index in [1.54, 1.807) is 15.7 Å². The quantitative estimate of drug-likeness (QED) is 0.624. The van der Waals surface area contributed by atoms with Gasteiger partial charge in [-0.2, -0.15) is 17.0 Å². The van der Waals surface area contributed by atoms with Crippen LogP contribution < -0.4 is 5.32 Å². The van der Waals surface area contributed by atoms with E-state index < -0.39 is 10.2 Å². The molecule has 7 nitrogen and oxygen atoms in total. The standard InChI is InChI=1S/C26H36N4O3S/c1-28(24-13-6-3-7-14-24)34(32,33)30-18-16-29(17-19-30)21-26(31)27-25-15-9-8-12-23(25)20-22-10-4-2-5-11-22/h2,4-5,8-12,15,24H,3,6-7,13-14,16-21H2,1H3,(H,27,31). The summed E-state index contributed by atoms with van der Waals surface area (Å²) in [4.78, 5) is 14.8. The molecule has 0 aromatic heterocycles. The first-order valence-electron chi connectivity index (χ1n) is 12.3. The van der Waals surface area contributed by atoms with Crippen LogP contribution in [0.1, 0.15) is 43.2 Å². The predicted molar refractivity (Wildman–Crippen MR) is 136 cm³/mol. The van der Waals surface area contributed by atoms with Gasteiger partial charge in [-0.05, 0) is 36.5 Å². The van der Waals surface area contributed by atoms with Crippen LogP contribution in [0.3, 0.4) is 0 Å². The number of amides is 1. The number of piperazine rings is 1. The number of carbonyl (C=O) groups excluding carboxylic acids is 1. The van der Waals surface area contributed by atoms with Crippen LogP contribution in [-0.2, 0) is 21.4 Å². The van der Waals surface area contributed by atoms with Crippen LogP contribution >= 0.6 is 0 Å². The molecule has 0 atom stereocenters. The van der Waals surface area contributed by atoms with E-state index in [4.69, 9.17) is 0 Å². The van der Waals surface area contributed by atoms with Crippen molar-refractivity contribution in [3.63, 3.8) is 0 Å². The molecule has 1 saturated heterocycles. The van der Waals surface area contributed by atoms with Crippen molar-refractivity contribution >= 4 is 21.8 Å². The maximum Gasteiger partial charge on any atom is 0.282 e. The first-order chi connectivity index (χ1) is 16.4. The number of carbonyl (C=O) groups is 1. The molecule has 184 valence electrons. The summed E-state index contributed by atoms with van der Waals surface area (Å²) in [5.41, 5.74) is 3.09. The minimum Gasteiger partial charge on any atom is -0.325 e. The molecule has 2 fully saturated rings. The number of anilines is 1. The average Bonchev–Trinajstić information content (AvgIpc) is 2.86. The Bertz CT molecular complexity index is 1050. The van der Waals surface area contributed by atoms with Gasteiger partial charge in [0.15, 0.2) is 0 Å². The number of hydrogen-bond donors (Lipinski definition) is 1. The third-order valence-electron chi connectivity index (χ3n) is 7.01. The Morgan fingerprint density at radius 3 is 2.29 bits per heavy atom. The molecule has 4 rings (SSSR count). The van der Waals surface area contributed by atoms with Crippen LogP contribution in [0.5, 0.6) is 0 Å². The number of nitrogens with zero attached hydrogens (tertiary/aromatic N) is 3. The highest BCUT2D eigenvalue weighted by atomic mass is 32.2. The maximum absolute atomic E-state index is 13.1. The van der Waals surface area contributed by atoms with Crippen molar-refractivity contribution in [1.29, 1.82) is 0 Å². The Morgan fingerprint density at radius 1 is 0.941 bits per heavy atom. The van der Waals surface area contributed by atoms with Gasteiger partial charge in [0.1, 0.15) is 0 Å². The lowest BCUT2D eigenvalue weighted by atomic mass is 9.96. The Hall–Kier alpha value is -2.26. The number of hydrogen-bond acceptors (Lipinski definition) is 4. The van der Waals surface area contributed by atoms with Gasteiger partial charge in [0.2, 0.25) is 5.91 Å². The fourth-order valence-corrected chi connectivity index (χ4v) is 6.52. The van der Waals surface area contributed by atoms with E-state index in [2.05, 4.69) is 17.4 Å². The van der Waals surface area contributed by atoms with Gasteiger partial charge in [-0.15, -0.1) is 0 Å². The Balaban J connectivity index is 1.29. The Kier molecular flexibility index (Phi) is 8.37. The van der Waals surface area contributed by atoms with Crippen molar-refractivity contribution in [2.24, 2.45) is 0 Å². The summed E-state index contributed by atoms with van der Waals surface area (Å²) in [5.74, 6) is -0.0730. The lowest BCUT2D eigenvalue weighted by Gasteiger charge is -2.38. The summed E-state index contributed by atoms with van der Waals surface area (Å²) in [5, 5.41) is 3.06. The normalized spacial score (nSPS) is 18.8. The molecule has 1 aliphatic carbocycles. The van der Waals surface area contributed by atoms with Gasteiger partial charge < -0.3 is 5.32 Å².